The zero-order chi connectivity index (χ0) is 14.6. The van der Waals surface area contributed by atoms with E-state index in [9.17, 15) is 0 Å². The molecule has 1 N–H and O–H groups in total. The second-order valence-electron chi connectivity index (χ2n) is 4.39. The van der Waals surface area contributed by atoms with Crippen molar-refractivity contribution >= 4 is 0 Å². The molecular weight excluding hydrogens is 262 g/mol. The van der Waals surface area contributed by atoms with Crippen LogP contribution in [0.1, 0.15) is 25.2 Å². The second-order valence-corrected chi connectivity index (χ2v) is 4.39. The number of aromatic nitrogens is 4. The summed E-state index contributed by atoms with van der Waals surface area (Å²) in [5, 5.41) is 15.1. The SMILES string of the molecule is COCCNC(C)c1nnnn1CCCOCCOC. The molecule has 1 heterocycles. The van der Waals surface area contributed by atoms with Crippen molar-refractivity contribution in [3.63, 3.8) is 0 Å². The third-order valence-electron chi connectivity index (χ3n) is 2.79. The van der Waals surface area contributed by atoms with E-state index in [1.54, 1.807) is 14.2 Å². The van der Waals surface area contributed by atoms with Gasteiger partial charge in [-0.05, 0) is 23.8 Å². The number of nitrogens with zero attached hydrogens (tertiary/aromatic N) is 4. The van der Waals surface area contributed by atoms with Crippen molar-refractivity contribution in [2.24, 2.45) is 0 Å². The molecule has 1 atom stereocenters. The molecule has 8 heteroatoms. The molecule has 0 aliphatic rings. The Balaban J connectivity index is 2.27. The average molecular weight is 287 g/mol. The fourth-order valence-electron chi connectivity index (χ4n) is 1.71. The number of methoxy groups -OCH3 is 2. The summed E-state index contributed by atoms with van der Waals surface area (Å²) in [7, 11) is 3.34. The van der Waals surface area contributed by atoms with Gasteiger partial charge in [0.15, 0.2) is 5.82 Å². The van der Waals surface area contributed by atoms with Crippen LogP contribution in [0.15, 0.2) is 0 Å². The molecule has 0 spiro atoms. The van der Waals surface area contributed by atoms with Crippen LogP contribution < -0.4 is 5.32 Å². The normalized spacial score (nSPS) is 12.8. The third kappa shape index (κ3) is 6.38. The van der Waals surface area contributed by atoms with Crippen LogP contribution in [0.5, 0.6) is 0 Å². The van der Waals surface area contributed by atoms with Gasteiger partial charge in [-0.3, -0.25) is 0 Å². The lowest BCUT2D eigenvalue weighted by molar-refractivity contribution is 0.0675. The first-order valence-electron chi connectivity index (χ1n) is 6.84. The maximum atomic E-state index is 5.41. The van der Waals surface area contributed by atoms with Crippen molar-refractivity contribution in [3.05, 3.63) is 5.82 Å². The second kappa shape index (κ2) is 10.7. The van der Waals surface area contributed by atoms with Gasteiger partial charge in [-0.15, -0.1) is 5.10 Å². The number of aryl methyl sites for hydroxylation is 1. The molecule has 1 aromatic heterocycles. The van der Waals surface area contributed by atoms with E-state index in [2.05, 4.69) is 20.8 Å². The molecule has 0 amide bonds. The van der Waals surface area contributed by atoms with Gasteiger partial charge in [0.25, 0.3) is 0 Å². The Morgan fingerprint density at radius 3 is 2.70 bits per heavy atom. The van der Waals surface area contributed by atoms with E-state index < -0.39 is 0 Å². The van der Waals surface area contributed by atoms with Gasteiger partial charge in [0.05, 0.1) is 25.9 Å². The lowest BCUT2D eigenvalue weighted by Crippen LogP contribution is -2.26. The Bertz CT molecular complexity index is 348. The molecule has 0 aliphatic heterocycles. The summed E-state index contributed by atoms with van der Waals surface area (Å²) in [6.45, 7) is 6.13. The maximum absolute atomic E-state index is 5.41. The van der Waals surface area contributed by atoms with Crippen LogP contribution in [0.25, 0.3) is 0 Å². The number of tetrazole rings is 1. The number of nitrogens with one attached hydrogen (secondary N) is 1. The molecule has 0 aromatic carbocycles. The topological polar surface area (TPSA) is 83.3 Å². The van der Waals surface area contributed by atoms with Gasteiger partial charge in [-0.25, -0.2) is 4.68 Å². The fraction of sp³-hybridized carbons (Fsp3) is 0.917. The summed E-state index contributed by atoms with van der Waals surface area (Å²) in [4.78, 5) is 0. The molecule has 0 fully saturated rings. The standard InChI is InChI=1S/C12H25N5O3/c1-11(13-5-8-18-2)12-14-15-16-17(12)6-4-7-20-10-9-19-3/h11,13H,4-10H2,1-3H3. The lowest BCUT2D eigenvalue weighted by Gasteiger charge is -2.13. The quantitative estimate of drug-likeness (QED) is 0.543. The fourth-order valence-corrected chi connectivity index (χ4v) is 1.71. The van der Waals surface area contributed by atoms with Crippen LogP contribution in [0.2, 0.25) is 0 Å². The van der Waals surface area contributed by atoms with Gasteiger partial charge in [0.2, 0.25) is 0 Å². The zero-order valence-corrected chi connectivity index (χ0v) is 12.5. The predicted octanol–water partition coefficient (Wildman–Crippen LogP) is 0.0232. The van der Waals surface area contributed by atoms with E-state index in [1.807, 2.05) is 11.6 Å². The van der Waals surface area contributed by atoms with Gasteiger partial charge >= 0.3 is 0 Å². The Morgan fingerprint density at radius 2 is 1.95 bits per heavy atom. The van der Waals surface area contributed by atoms with Gasteiger partial charge in [-0.1, -0.05) is 0 Å². The highest BCUT2D eigenvalue weighted by Crippen LogP contribution is 2.07. The highest BCUT2D eigenvalue weighted by molar-refractivity contribution is 4.89. The smallest absolute Gasteiger partial charge is 0.167 e. The largest absolute Gasteiger partial charge is 0.383 e. The number of rotatable bonds is 12. The van der Waals surface area contributed by atoms with Crippen LogP contribution in [0.4, 0.5) is 0 Å². The molecule has 1 unspecified atom stereocenters. The Hall–Kier alpha value is -1.09. The Labute approximate surface area is 119 Å². The highest BCUT2D eigenvalue weighted by Gasteiger charge is 2.13. The van der Waals surface area contributed by atoms with Gasteiger partial charge in [0, 0.05) is 33.9 Å². The van der Waals surface area contributed by atoms with Gasteiger partial charge < -0.3 is 19.5 Å². The van der Waals surface area contributed by atoms with E-state index in [0.717, 1.165) is 25.3 Å². The summed E-state index contributed by atoms with van der Waals surface area (Å²) >= 11 is 0. The van der Waals surface area contributed by atoms with Crippen molar-refractivity contribution in [1.82, 2.24) is 25.5 Å². The average Bonchev–Trinajstić information content (AvgIpc) is 2.91. The number of hydrogen-bond donors (Lipinski definition) is 1. The third-order valence-corrected chi connectivity index (χ3v) is 2.79. The molecular formula is C12H25N5O3. The van der Waals surface area contributed by atoms with E-state index in [4.69, 9.17) is 14.2 Å². The highest BCUT2D eigenvalue weighted by atomic mass is 16.5. The van der Waals surface area contributed by atoms with E-state index in [0.29, 0.717) is 26.4 Å². The molecule has 0 saturated carbocycles. The first kappa shape index (κ1) is 17.0. The van der Waals surface area contributed by atoms with Crippen molar-refractivity contribution in [2.45, 2.75) is 25.9 Å². The van der Waals surface area contributed by atoms with Crippen molar-refractivity contribution in [1.29, 1.82) is 0 Å². The number of ether oxygens (including phenoxy) is 3. The Morgan fingerprint density at radius 1 is 1.15 bits per heavy atom. The summed E-state index contributed by atoms with van der Waals surface area (Å²) < 4.78 is 17.1. The van der Waals surface area contributed by atoms with Crippen LogP contribution >= 0.6 is 0 Å². The van der Waals surface area contributed by atoms with Gasteiger partial charge in [-0.2, -0.15) is 0 Å². The summed E-state index contributed by atoms with van der Waals surface area (Å²) in [6, 6.07) is 0.0922. The molecule has 116 valence electrons. The van der Waals surface area contributed by atoms with Crippen LogP contribution in [-0.4, -0.2) is 67.4 Å². The summed E-state index contributed by atoms with van der Waals surface area (Å²) in [5.74, 6) is 0.831. The molecule has 0 radical (unpaired) electrons. The van der Waals surface area contributed by atoms with Crippen LogP contribution in [-0.2, 0) is 20.8 Å². The van der Waals surface area contributed by atoms with Crippen molar-refractivity contribution < 1.29 is 14.2 Å². The molecule has 0 saturated heterocycles. The first-order valence-corrected chi connectivity index (χ1v) is 6.84. The predicted molar refractivity (Wildman–Crippen MR) is 73.4 cm³/mol. The summed E-state index contributed by atoms with van der Waals surface area (Å²) in [6.07, 6.45) is 0.868. The van der Waals surface area contributed by atoms with E-state index in [-0.39, 0.29) is 6.04 Å². The van der Waals surface area contributed by atoms with Crippen molar-refractivity contribution in [3.8, 4) is 0 Å². The van der Waals surface area contributed by atoms with Crippen LogP contribution in [0, 0.1) is 0 Å². The maximum Gasteiger partial charge on any atom is 0.167 e. The van der Waals surface area contributed by atoms with Crippen molar-refractivity contribution in [2.75, 3.05) is 47.2 Å². The minimum atomic E-state index is 0.0922. The Kier molecular flexibility index (Phi) is 9.05. The monoisotopic (exact) mass is 287 g/mol. The molecule has 20 heavy (non-hydrogen) atoms. The molecule has 0 bridgehead atoms. The molecule has 1 aromatic rings. The molecule has 8 nitrogen and oxygen atoms in total. The van der Waals surface area contributed by atoms with Gasteiger partial charge in [0.1, 0.15) is 0 Å². The summed E-state index contributed by atoms with van der Waals surface area (Å²) in [5.41, 5.74) is 0. The zero-order valence-electron chi connectivity index (χ0n) is 12.5. The van der Waals surface area contributed by atoms with E-state index >= 15 is 0 Å². The lowest BCUT2D eigenvalue weighted by atomic mass is 10.3. The molecule has 1 rings (SSSR count). The minimum absolute atomic E-state index is 0.0922. The molecule has 0 aliphatic carbocycles. The first-order chi connectivity index (χ1) is 9.79. The van der Waals surface area contributed by atoms with Crippen LogP contribution in [0.3, 0.4) is 0 Å². The van der Waals surface area contributed by atoms with E-state index in [1.165, 1.54) is 0 Å². The minimum Gasteiger partial charge on any atom is -0.383 e. The number of hydrogen-bond acceptors (Lipinski definition) is 7.